The van der Waals surface area contributed by atoms with E-state index in [-0.39, 0.29) is 23.5 Å². The molecule has 1 atom stereocenters. The van der Waals surface area contributed by atoms with Crippen LogP contribution in [0, 0.1) is 0 Å². The van der Waals surface area contributed by atoms with Gasteiger partial charge in [-0.15, -0.1) is 11.3 Å². The molecule has 0 radical (unpaired) electrons. The fourth-order valence-electron chi connectivity index (χ4n) is 3.09. The quantitative estimate of drug-likeness (QED) is 0.323. The number of nitrogens with one attached hydrogen (secondary N) is 1. The van der Waals surface area contributed by atoms with Crippen molar-refractivity contribution in [2.75, 3.05) is 12.3 Å². The van der Waals surface area contributed by atoms with Gasteiger partial charge in [-0.3, -0.25) is 9.59 Å². The van der Waals surface area contributed by atoms with Crippen LogP contribution in [0.25, 0.3) is 10.4 Å². The number of carbonyl (C=O) groups excluding carboxylic acids is 2. The lowest BCUT2D eigenvalue weighted by Gasteiger charge is -2.12. The summed E-state index contributed by atoms with van der Waals surface area (Å²) in [7, 11) is 0. The molecule has 30 heavy (non-hydrogen) atoms. The van der Waals surface area contributed by atoms with Gasteiger partial charge in [0, 0.05) is 29.3 Å². The van der Waals surface area contributed by atoms with E-state index in [2.05, 4.69) is 15.3 Å². The smallest absolute Gasteiger partial charge is 0.230 e. The topological polar surface area (TPSA) is 81.2 Å². The molecule has 3 heterocycles. The molecule has 9 heteroatoms. The molecule has 0 saturated heterocycles. The van der Waals surface area contributed by atoms with E-state index >= 15 is 0 Å². The van der Waals surface area contributed by atoms with Crippen LogP contribution in [0.2, 0.25) is 5.02 Å². The van der Waals surface area contributed by atoms with Gasteiger partial charge in [0.1, 0.15) is 11.9 Å². The van der Waals surface area contributed by atoms with Crippen LogP contribution in [0.1, 0.15) is 22.2 Å². The number of ketones is 1. The van der Waals surface area contributed by atoms with Crippen LogP contribution in [-0.2, 0) is 11.2 Å². The summed E-state index contributed by atoms with van der Waals surface area (Å²) in [6, 6.07) is 9.39. The SMILES string of the molecule is CC(=O)c1ccc(-c2cc(Cl)c3c(c2)C[C@@H](CNC(=O)CSc2ncccn2)O3)s1. The molecule has 1 aliphatic rings. The molecule has 0 saturated carbocycles. The van der Waals surface area contributed by atoms with Crippen LogP contribution in [0.4, 0.5) is 0 Å². The van der Waals surface area contributed by atoms with Gasteiger partial charge in [-0.2, -0.15) is 0 Å². The van der Waals surface area contributed by atoms with Gasteiger partial charge in [0.15, 0.2) is 10.9 Å². The Morgan fingerprint density at radius 2 is 2.10 bits per heavy atom. The van der Waals surface area contributed by atoms with E-state index in [1.165, 1.54) is 23.1 Å². The van der Waals surface area contributed by atoms with Gasteiger partial charge in [0.25, 0.3) is 0 Å². The van der Waals surface area contributed by atoms with Crippen molar-refractivity contribution in [3.63, 3.8) is 0 Å². The third-order valence-corrected chi connectivity index (χ3v) is 6.88. The number of hydrogen-bond acceptors (Lipinski definition) is 7. The molecular weight excluding hydrogens is 442 g/mol. The highest BCUT2D eigenvalue weighted by Gasteiger charge is 2.26. The lowest BCUT2D eigenvalue weighted by molar-refractivity contribution is -0.118. The van der Waals surface area contributed by atoms with Crippen LogP contribution < -0.4 is 10.1 Å². The monoisotopic (exact) mass is 459 g/mol. The maximum Gasteiger partial charge on any atom is 0.230 e. The van der Waals surface area contributed by atoms with Gasteiger partial charge in [0.2, 0.25) is 5.91 Å². The fraction of sp³-hybridized carbons (Fsp3) is 0.238. The number of ether oxygens (including phenoxy) is 1. The van der Waals surface area contributed by atoms with Crippen molar-refractivity contribution in [2.24, 2.45) is 0 Å². The van der Waals surface area contributed by atoms with Crippen molar-refractivity contribution in [1.82, 2.24) is 15.3 Å². The molecule has 0 spiro atoms. The zero-order valence-electron chi connectivity index (χ0n) is 16.1. The molecular formula is C21H18ClN3O3S2. The number of thiophene rings is 1. The van der Waals surface area contributed by atoms with E-state index in [1.807, 2.05) is 24.3 Å². The van der Waals surface area contributed by atoms with Gasteiger partial charge < -0.3 is 10.1 Å². The van der Waals surface area contributed by atoms with Crippen molar-refractivity contribution >= 4 is 46.4 Å². The number of halogens is 1. The average Bonchev–Trinajstić information content (AvgIpc) is 3.39. The molecule has 0 unspecified atom stereocenters. The van der Waals surface area contributed by atoms with Crippen molar-refractivity contribution < 1.29 is 14.3 Å². The van der Waals surface area contributed by atoms with Gasteiger partial charge in [0.05, 0.1) is 22.2 Å². The first-order valence-electron chi connectivity index (χ1n) is 9.26. The molecule has 0 aliphatic carbocycles. The number of hydrogen-bond donors (Lipinski definition) is 1. The second-order valence-corrected chi connectivity index (χ2v) is 9.17. The zero-order valence-corrected chi connectivity index (χ0v) is 18.4. The number of carbonyl (C=O) groups is 2. The number of Topliss-reactive ketones (excluding diaryl/α,β-unsaturated/α-hetero) is 1. The first-order valence-corrected chi connectivity index (χ1v) is 11.4. The summed E-state index contributed by atoms with van der Waals surface area (Å²) in [5.41, 5.74) is 1.96. The molecule has 0 fully saturated rings. The number of benzene rings is 1. The molecule has 3 aromatic rings. The molecule has 1 aromatic carbocycles. The summed E-state index contributed by atoms with van der Waals surface area (Å²) in [6.07, 6.45) is 3.77. The number of aromatic nitrogens is 2. The number of fused-ring (bicyclic) bond motifs is 1. The van der Waals surface area contributed by atoms with E-state index in [9.17, 15) is 9.59 Å². The van der Waals surface area contributed by atoms with Crippen molar-refractivity contribution in [3.05, 3.63) is 58.2 Å². The van der Waals surface area contributed by atoms with Gasteiger partial charge >= 0.3 is 0 Å². The number of amides is 1. The van der Waals surface area contributed by atoms with Crippen LogP contribution in [-0.4, -0.2) is 40.1 Å². The minimum absolute atomic E-state index is 0.0506. The highest BCUT2D eigenvalue weighted by Crippen LogP contribution is 2.41. The second-order valence-electron chi connectivity index (χ2n) is 6.73. The Kier molecular flexibility index (Phi) is 6.36. The maximum atomic E-state index is 12.1. The summed E-state index contributed by atoms with van der Waals surface area (Å²) in [6.45, 7) is 1.95. The first-order chi connectivity index (χ1) is 14.5. The molecule has 1 aliphatic heterocycles. The van der Waals surface area contributed by atoms with E-state index in [1.54, 1.807) is 25.4 Å². The van der Waals surface area contributed by atoms with E-state index in [0.717, 1.165) is 20.9 Å². The number of nitrogens with zero attached hydrogens (tertiary/aromatic N) is 2. The zero-order chi connectivity index (χ0) is 21.1. The summed E-state index contributed by atoms with van der Waals surface area (Å²) < 4.78 is 5.96. The highest BCUT2D eigenvalue weighted by atomic mass is 35.5. The third-order valence-electron chi connectivity index (χ3n) is 4.49. The molecule has 2 aromatic heterocycles. The Hall–Kier alpha value is -2.42. The van der Waals surface area contributed by atoms with E-state index in [0.29, 0.717) is 28.9 Å². The Morgan fingerprint density at radius 1 is 1.30 bits per heavy atom. The molecule has 0 bridgehead atoms. The normalized spacial score (nSPS) is 14.8. The second kappa shape index (κ2) is 9.16. The molecule has 154 valence electrons. The standard InChI is InChI=1S/C21H18ClN3O3S2/c1-12(26)17-3-4-18(30-17)13-7-14-8-15(28-20(14)16(22)9-13)10-25-19(27)11-29-21-23-5-2-6-24-21/h2-7,9,15H,8,10-11H2,1H3,(H,25,27)/t15-/m0/s1. The lowest BCUT2D eigenvalue weighted by atomic mass is 10.1. The van der Waals surface area contributed by atoms with Crippen LogP contribution >= 0.6 is 34.7 Å². The fourth-order valence-corrected chi connectivity index (χ4v) is 4.90. The van der Waals surface area contributed by atoms with Gasteiger partial charge in [-0.05, 0) is 42.8 Å². The predicted molar refractivity (Wildman–Crippen MR) is 119 cm³/mol. The molecule has 1 amide bonds. The van der Waals surface area contributed by atoms with Crippen LogP contribution in [0.15, 0.2) is 47.9 Å². The highest BCUT2D eigenvalue weighted by molar-refractivity contribution is 7.99. The van der Waals surface area contributed by atoms with E-state index in [4.69, 9.17) is 16.3 Å². The number of rotatable bonds is 7. The minimum atomic E-state index is -0.175. The van der Waals surface area contributed by atoms with Crippen molar-refractivity contribution in [3.8, 4) is 16.2 Å². The Balaban J connectivity index is 1.35. The summed E-state index contributed by atoms with van der Waals surface area (Å²) >= 11 is 9.18. The lowest BCUT2D eigenvalue weighted by Crippen LogP contribution is -2.35. The van der Waals surface area contributed by atoms with Crippen LogP contribution in [0.3, 0.4) is 0 Å². The predicted octanol–water partition coefficient (Wildman–Crippen LogP) is 4.27. The summed E-state index contributed by atoms with van der Waals surface area (Å²) in [5.74, 6) is 0.852. The average molecular weight is 460 g/mol. The Bertz CT molecular complexity index is 1090. The first kappa shape index (κ1) is 20.8. The Labute approximate surface area is 187 Å². The van der Waals surface area contributed by atoms with Crippen molar-refractivity contribution in [2.45, 2.75) is 24.6 Å². The van der Waals surface area contributed by atoms with Crippen LogP contribution in [0.5, 0.6) is 5.75 Å². The van der Waals surface area contributed by atoms with Gasteiger partial charge in [-0.1, -0.05) is 23.4 Å². The van der Waals surface area contributed by atoms with Gasteiger partial charge in [-0.25, -0.2) is 9.97 Å². The largest absolute Gasteiger partial charge is 0.486 e. The van der Waals surface area contributed by atoms with E-state index < -0.39 is 0 Å². The summed E-state index contributed by atoms with van der Waals surface area (Å²) in [5, 5.41) is 3.99. The molecule has 1 N–H and O–H groups in total. The third kappa shape index (κ3) is 4.83. The minimum Gasteiger partial charge on any atom is -0.486 e. The molecule has 6 nitrogen and oxygen atoms in total. The Morgan fingerprint density at radius 3 is 2.83 bits per heavy atom. The maximum absolute atomic E-state index is 12.1. The van der Waals surface area contributed by atoms with Crippen molar-refractivity contribution in [1.29, 1.82) is 0 Å². The molecule has 4 rings (SSSR count). The number of thioether (sulfide) groups is 1. The summed E-state index contributed by atoms with van der Waals surface area (Å²) in [4.78, 5) is 33.6.